The van der Waals surface area contributed by atoms with Crippen LogP contribution in [0.25, 0.3) is 10.9 Å². The Morgan fingerprint density at radius 1 is 1.10 bits per heavy atom. The number of aromatic nitrogens is 3. The second-order valence-electron chi connectivity index (χ2n) is 7.28. The number of benzene rings is 1. The number of nitrogens with zero attached hydrogens (tertiary/aromatic N) is 4. The molecule has 30 heavy (non-hydrogen) atoms. The SMILES string of the molecule is O=c1cc(C(F)F)ncn1CC1CCN(S(=O)(=O)c2cccc3cccnc23)CC1. The minimum Gasteiger partial charge on any atom is -0.299 e. The smallest absolute Gasteiger partial charge is 0.280 e. The highest BCUT2D eigenvalue weighted by molar-refractivity contribution is 7.89. The number of fused-ring (bicyclic) bond motifs is 1. The number of hydrogen-bond donors (Lipinski definition) is 0. The molecule has 2 aromatic heterocycles. The predicted octanol–water partition coefficient (Wildman–Crippen LogP) is 2.83. The van der Waals surface area contributed by atoms with Crippen LogP contribution in [0.3, 0.4) is 0 Å². The Kier molecular flexibility index (Phi) is 5.61. The van der Waals surface area contributed by atoms with Gasteiger partial charge in [-0.1, -0.05) is 18.2 Å². The molecule has 1 saturated heterocycles. The van der Waals surface area contributed by atoms with Gasteiger partial charge in [0.25, 0.3) is 12.0 Å². The lowest BCUT2D eigenvalue weighted by molar-refractivity contribution is 0.145. The fourth-order valence-corrected chi connectivity index (χ4v) is 5.37. The normalized spacial score (nSPS) is 16.4. The molecule has 4 rings (SSSR count). The summed E-state index contributed by atoms with van der Waals surface area (Å²) in [7, 11) is -3.70. The first-order valence-electron chi connectivity index (χ1n) is 9.54. The Balaban J connectivity index is 1.47. The molecule has 0 N–H and O–H groups in total. The number of piperidine rings is 1. The van der Waals surface area contributed by atoms with Gasteiger partial charge in [0.15, 0.2) is 0 Å². The number of pyridine rings is 1. The van der Waals surface area contributed by atoms with Crippen molar-refractivity contribution in [3.63, 3.8) is 0 Å². The zero-order chi connectivity index (χ0) is 21.3. The fourth-order valence-electron chi connectivity index (χ4n) is 3.73. The van der Waals surface area contributed by atoms with Crippen molar-refractivity contribution in [2.45, 2.75) is 30.7 Å². The van der Waals surface area contributed by atoms with Crippen LogP contribution in [0.5, 0.6) is 0 Å². The highest BCUT2D eigenvalue weighted by Crippen LogP contribution is 2.28. The predicted molar refractivity (Wildman–Crippen MR) is 107 cm³/mol. The summed E-state index contributed by atoms with van der Waals surface area (Å²) in [6, 6.07) is 9.50. The van der Waals surface area contributed by atoms with Crippen LogP contribution in [-0.2, 0) is 16.6 Å². The average molecular weight is 434 g/mol. The molecule has 0 saturated carbocycles. The molecule has 0 amide bonds. The van der Waals surface area contributed by atoms with Crippen molar-refractivity contribution in [1.82, 2.24) is 18.8 Å². The van der Waals surface area contributed by atoms with E-state index in [0.29, 0.717) is 38.0 Å². The van der Waals surface area contributed by atoms with E-state index in [2.05, 4.69) is 9.97 Å². The van der Waals surface area contributed by atoms with E-state index in [1.807, 2.05) is 12.1 Å². The van der Waals surface area contributed by atoms with Gasteiger partial charge in [-0.3, -0.25) is 14.3 Å². The Labute approximate surface area is 172 Å². The van der Waals surface area contributed by atoms with Crippen LogP contribution in [0.1, 0.15) is 25.0 Å². The van der Waals surface area contributed by atoms with Gasteiger partial charge in [0.2, 0.25) is 10.0 Å². The third-order valence-corrected chi connectivity index (χ3v) is 7.30. The molecule has 0 bridgehead atoms. The van der Waals surface area contributed by atoms with E-state index in [-0.39, 0.29) is 10.8 Å². The lowest BCUT2D eigenvalue weighted by Crippen LogP contribution is -2.40. The van der Waals surface area contributed by atoms with Gasteiger partial charge in [-0.25, -0.2) is 22.2 Å². The summed E-state index contributed by atoms with van der Waals surface area (Å²) in [6.07, 6.45) is 1.03. The molecule has 3 aromatic rings. The Hall–Kier alpha value is -2.72. The molecule has 7 nitrogen and oxygen atoms in total. The third-order valence-electron chi connectivity index (χ3n) is 5.37. The molecule has 1 fully saturated rings. The molecule has 1 aliphatic rings. The molecule has 158 valence electrons. The number of sulfonamides is 1. The molecule has 0 atom stereocenters. The van der Waals surface area contributed by atoms with Crippen LogP contribution in [0.4, 0.5) is 8.78 Å². The summed E-state index contributed by atoms with van der Waals surface area (Å²) >= 11 is 0. The van der Waals surface area contributed by atoms with E-state index < -0.39 is 27.7 Å². The third kappa shape index (κ3) is 3.97. The molecule has 1 aromatic carbocycles. The van der Waals surface area contributed by atoms with Gasteiger partial charge in [0, 0.05) is 37.3 Å². The highest BCUT2D eigenvalue weighted by atomic mass is 32.2. The maximum absolute atomic E-state index is 13.2. The van der Waals surface area contributed by atoms with Gasteiger partial charge in [-0.2, -0.15) is 4.31 Å². The zero-order valence-corrected chi connectivity index (χ0v) is 16.8. The van der Waals surface area contributed by atoms with Crippen molar-refractivity contribution in [2.75, 3.05) is 13.1 Å². The van der Waals surface area contributed by atoms with E-state index in [1.54, 1.807) is 24.4 Å². The summed E-state index contributed by atoms with van der Waals surface area (Å²) in [5, 5.41) is 0.757. The Bertz CT molecular complexity index is 1220. The van der Waals surface area contributed by atoms with Gasteiger partial charge in [0.1, 0.15) is 10.6 Å². The van der Waals surface area contributed by atoms with E-state index in [9.17, 15) is 22.0 Å². The van der Waals surface area contributed by atoms with Crippen LogP contribution in [0, 0.1) is 5.92 Å². The molecule has 10 heteroatoms. The maximum atomic E-state index is 13.2. The standard InChI is InChI=1S/C20H20F2N4O3S/c21-20(22)16-11-18(27)25(13-24-16)12-14-6-9-26(10-7-14)30(28,29)17-5-1-3-15-4-2-8-23-19(15)17/h1-5,8,11,13-14,20H,6-7,9-10,12H2. The summed E-state index contributed by atoms with van der Waals surface area (Å²) in [6.45, 7) is 0.945. The van der Waals surface area contributed by atoms with Gasteiger partial charge in [-0.05, 0) is 30.9 Å². The monoisotopic (exact) mass is 434 g/mol. The second-order valence-corrected chi connectivity index (χ2v) is 9.19. The number of alkyl halides is 2. The molecular weight excluding hydrogens is 414 g/mol. The largest absolute Gasteiger partial charge is 0.299 e. The van der Waals surface area contributed by atoms with E-state index in [1.165, 1.54) is 8.87 Å². The lowest BCUT2D eigenvalue weighted by atomic mass is 9.98. The summed E-state index contributed by atoms with van der Waals surface area (Å²) < 4.78 is 54.4. The molecular formula is C20H20F2N4O3S. The van der Waals surface area contributed by atoms with Crippen LogP contribution < -0.4 is 5.56 Å². The molecule has 0 spiro atoms. The van der Waals surface area contributed by atoms with E-state index in [4.69, 9.17) is 0 Å². The quantitative estimate of drug-likeness (QED) is 0.617. The number of rotatable bonds is 5. The maximum Gasteiger partial charge on any atom is 0.280 e. The first-order chi connectivity index (χ1) is 14.4. The van der Waals surface area contributed by atoms with Crippen molar-refractivity contribution in [3.05, 3.63) is 65.0 Å². The van der Waals surface area contributed by atoms with Gasteiger partial charge < -0.3 is 0 Å². The summed E-state index contributed by atoms with van der Waals surface area (Å²) in [5.41, 5.74) is -0.628. The van der Waals surface area contributed by atoms with Crippen LogP contribution in [0.2, 0.25) is 0 Å². The first kappa shape index (κ1) is 20.5. The molecule has 3 heterocycles. The van der Waals surface area contributed by atoms with Crippen molar-refractivity contribution < 1.29 is 17.2 Å². The van der Waals surface area contributed by atoms with Crippen molar-refractivity contribution in [3.8, 4) is 0 Å². The van der Waals surface area contributed by atoms with Gasteiger partial charge >= 0.3 is 0 Å². The summed E-state index contributed by atoms with van der Waals surface area (Å²) in [5.74, 6) is 0.0546. The van der Waals surface area contributed by atoms with Gasteiger partial charge in [-0.15, -0.1) is 0 Å². The Morgan fingerprint density at radius 3 is 2.53 bits per heavy atom. The fraction of sp³-hybridized carbons (Fsp3) is 0.350. The minimum atomic E-state index is -3.70. The molecule has 0 unspecified atom stereocenters. The van der Waals surface area contributed by atoms with Crippen molar-refractivity contribution in [1.29, 1.82) is 0 Å². The van der Waals surface area contributed by atoms with Crippen LogP contribution in [0.15, 0.2) is 58.6 Å². The van der Waals surface area contributed by atoms with E-state index in [0.717, 1.165) is 17.8 Å². The zero-order valence-electron chi connectivity index (χ0n) is 16.0. The second kappa shape index (κ2) is 8.19. The number of para-hydroxylation sites is 1. The number of halogens is 2. The van der Waals surface area contributed by atoms with Crippen LogP contribution in [-0.4, -0.2) is 40.3 Å². The number of hydrogen-bond acceptors (Lipinski definition) is 5. The molecule has 1 aliphatic heterocycles. The molecule has 0 radical (unpaired) electrons. The topological polar surface area (TPSA) is 85.2 Å². The van der Waals surface area contributed by atoms with Crippen LogP contribution >= 0.6 is 0 Å². The van der Waals surface area contributed by atoms with Gasteiger partial charge in [0.05, 0.1) is 11.8 Å². The van der Waals surface area contributed by atoms with Crippen molar-refractivity contribution >= 4 is 20.9 Å². The average Bonchev–Trinajstić information content (AvgIpc) is 2.75. The van der Waals surface area contributed by atoms with E-state index >= 15 is 0 Å². The minimum absolute atomic E-state index is 0.0546. The lowest BCUT2D eigenvalue weighted by Gasteiger charge is -2.31. The summed E-state index contributed by atoms with van der Waals surface area (Å²) in [4.78, 5) is 20.1. The Morgan fingerprint density at radius 2 is 1.83 bits per heavy atom. The van der Waals surface area contributed by atoms with Crippen molar-refractivity contribution in [2.24, 2.45) is 5.92 Å². The molecule has 0 aliphatic carbocycles. The first-order valence-corrected chi connectivity index (χ1v) is 11.0. The highest BCUT2D eigenvalue weighted by Gasteiger charge is 2.31.